The molecule has 1 aliphatic rings. The molecule has 0 unspecified atom stereocenters. The fraction of sp³-hybridized carbons (Fsp3) is 0.516. The van der Waals surface area contributed by atoms with Crippen LogP contribution in [0.5, 0.6) is 0 Å². The van der Waals surface area contributed by atoms with Gasteiger partial charge in [-0.05, 0) is 87.3 Å². The highest BCUT2D eigenvalue weighted by atomic mass is 19.1. The maximum absolute atomic E-state index is 14.2. The predicted molar refractivity (Wildman–Crippen MR) is 154 cm³/mol. The van der Waals surface area contributed by atoms with Crippen molar-refractivity contribution in [3.8, 4) is 0 Å². The van der Waals surface area contributed by atoms with E-state index in [2.05, 4.69) is 48.9 Å². The van der Waals surface area contributed by atoms with Crippen LogP contribution in [0.4, 0.5) is 15.8 Å². The fourth-order valence-electron chi connectivity index (χ4n) is 5.39. The second-order valence-corrected chi connectivity index (χ2v) is 10.3. The van der Waals surface area contributed by atoms with Gasteiger partial charge in [-0.15, -0.1) is 0 Å². The SMILES string of the molecule is C/C=C(/N[C@H](C(=O)O)C1CCCCC1)c1ccc(F)cc1NCOCNc1c(C)cc(CCCC)cc1C. The number of unbranched alkanes of at least 4 members (excludes halogenated alkanes) is 1. The Labute approximate surface area is 227 Å². The van der Waals surface area contributed by atoms with Gasteiger partial charge < -0.3 is 25.8 Å². The molecular weight excluding hydrogens is 481 g/mol. The second kappa shape index (κ2) is 14.8. The smallest absolute Gasteiger partial charge is 0.326 e. The minimum absolute atomic E-state index is 0.0788. The summed E-state index contributed by atoms with van der Waals surface area (Å²) in [5.74, 6) is -1.15. The predicted octanol–water partition coefficient (Wildman–Crippen LogP) is 7.22. The first kappa shape index (κ1) is 29.5. The fourth-order valence-corrected chi connectivity index (χ4v) is 5.39. The molecule has 0 saturated heterocycles. The Hall–Kier alpha value is -3.06. The number of carbonyl (C=O) groups is 1. The first-order chi connectivity index (χ1) is 18.3. The molecule has 2 aromatic rings. The molecule has 3 rings (SSSR count). The number of halogens is 1. The Morgan fingerprint density at radius 3 is 2.42 bits per heavy atom. The van der Waals surface area contributed by atoms with Gasteiger partial charge >= 0.3 is 5.97 Å². The highest BCUT2D eigenvalue weighted by Crippen LogP contribution is 2.30. The van der Waals surface area contributed by atoms with Crippen LogP contribution in [-0.4, -0.2) is 30.6 Å². The van der Waals surface area contributed by atoms with Gasteiger partial charge in [-0.25, -0.2) is 9.18 Å². The van der Waals surface area contributed by atoms with Crippen LogP contribution in [0, 0.1) is 25.6 Å². The summed E-state index contributed by atoms with van der Waals surface area (Å²) in [6.45, 7) is 8.72. The van der Waals surface area contributed by atoms with Crippen LogP contribution >= 0.6 is 0 Å². The Bertz CT molecular complexity index is 1070. The van der Waals surface area contributed by atoms with Gasteiger partial charge in [0.05, 0.1) is 0 Å². The molecule has 0 heterocycles. The van der Waals surface area contributed by atoms with Crippen LogP contribution < -0.4 is 16.0 Å². The molecule has 4 N–H and O–H groups in total. The molecule has 0 radical (unpaired) electrons. The molecule has 0 amide bonds. The normalized spacial score (nSPS) is 15.2. The van der Waals surface area contributed by atoms with E-state index < -0.39 is 12.0 Å². The number of ether oxygens (including phenoxy) is 1. The number of aryl methyl sites for hydroxylation is 3. The third-order valence-electron chi connectivity index (χ3n) is 7.39. The first-order valence-electron chi connectivity index (χ1n) is 13.9. The van der Waals surface area contributed by atoms with Gasteiger partial charge in [-0.2, -0.15) is 0 Å². The molecule has 7 heteroatoms. The Morgan fingerprint density at radius 2 is 1.79 bits per heavy atom. The maximum atomic E-state index is 14.2. The molecule has 1 saturated carbocycles. The maximum Gasteiger partial charge on any atom is 0.326 e. The molecule has 38 heavy (non-hydrogen) atoms. The van der Waals surface area contributed by atoms with Gasteiger partial charge in [0.1, 0.15) is 25.3 Å². The standard InChI is InChI=1S/C31H44FN3O3/c1-5-7-11-23-16-21(3)29(22(4)17-23)34-20-38-19-33-28-18-25(32)14-15-26(28)27(6-2)35-30(31(36)37)24-12-9-8-10-13-24/h6,14-18,24,30,33-35H,5,7-13,19-20H2,1-4H3,(H,36,37)/b27-6+/t30-/m0/s1. The summed E-state index contributed by atoms with van der Waals surface area (Å²) in [5, 5.41) is 19.7. The molecular formula is C31H44FN3O3. The molecule has 0 aliphatic heterocycles. The van der Waals surface area contributed by atoms with Crippen molar-refractivity contribution in [3.63, 3.8) is 0 Å². The highest BCUT2D eigenvalue weighted by molar-refractivity contribution is 5.80. The lowest BCUT2D eigenvalue weighted by Gasteiger charge is -2.30. The van der Waals surface area contributed by atoms with Crippen LogP contribution in [0.1, 0.15) is 81.0 Å². The van der Waals surface area contributed by atoms with Gasteiger partial charge in [0, 0.05) is 22.6 Å². The number of rotatable bonds is 14. The Morgan fingerprint density at radius 1 is 1.11 bits per heavy atom. The second-order valence-electron chi connectivity index (χ2n) is 10.3. The van der Waals surface area contributed by atoms with Crippen LogP contribution in [0.15, 0.2) is 36.4 Å². The highest BCUT2D eigenvalue weighted by Gasteiger charge is 2.30. The van der Waals surface area contributed by atoms with E-state index in [1.54, 1.807) is 6.07 Å². The van der Waals surface area contributed by atoms with Crippen molar-refractivity contribution >= 4 is 23.0 Å². The molecule has 6 nitrogen and oxygen atoms in total. The zero-order chi connectivity index (χ0) is 27.5. The van der Waals surface area contributed by atoms with Crippen molar-refractivity contribution in [2.45, 2.75) is 85.1 Å². The van der Waals surface area contributed by atoms with Crippen LogP contribution in [0.3, 0.4) is 0 Å². The summed E-state index contributed by atoms with van der Waals surface area (Å²) in [6, 6.07) is 8.25. The van der Waals surface area contributed by atoms with Gasteiger partial charge in [0.25, 0.3) is 0 Å². The van der Waals surface area contributed by atoms with Crippen LogP contribution in [0.2, 0.25) is 0 Å². The van der Waals surface area contributed by atoms with E-state index in [1.807, 2.05) is 13.0 Å². The Balaban J connectivity index is 1.61. The monoisotopic (exact) mass is 525 g/mol. The van der Waals surface area contributed by atoms with Gasteiger partial charge in [0.15, 0.2) is 0 Å². The summed E-state index contributed by atoms with van der Waals surface area (Å²) >= 11 is 0. The van der Waals surface area contributed by atoms with Crippen LogP contribution in [-0.2, 0) is 16.0 Å². The Kier molecular flexibility index (Phi) is 11.5. The van der Waals surface area contributed by atoms with Gasteiger partial charge in [0.2, 0.25) is 0 Å². The molecule has 0 bridgehead atoms. The first-order valence-corrected chi connectivity index (χ1v) is 13.9. The number of carboxylic acid groups (broad SMARTS) is 1. The molecule has 0 spiro atoms. The van der Waals surface area contributed by atoms with Gasteiger partial charge in [-0.1, -0.05) is 50.8 Å². The topological polar surface area (TPSA) is 82.6 Å². The average molecular weight is 526 g/mol. The third-order valence-corrected chi connectivity index (χ3v) is 7.39. The molecule has 1 aliphatic carbocycles. The van der Waals surface area contributed by atoms with E-state index in [0.717, 1.165) is 44.2 Å². The molecule has 0 aromatic heterocycles. The van der Waals surface area contributed by atoms with E-state index in [9.17, 15) is 14.3 Å². The molecule has 1 atom stereocenters. The van der Waals surface area contributed by atoms with Crippen molar-refractivity contribution in [2.75, 3.05) is 24.1 Å². The van der Waals surface area contributed by atoms with Crippen molar-refractivity contribution in [1.29, 1.82) is 0 Å². The van der Waals surface area contributed by atoms with Crippen LogP contribution in [0.25, 0.3) is 5.70 Å². The molecule has 2 aromatic carbocycles. The third kappa shape index (κ3) is 8.22. The van der Waals surface area contributed by atoms with E-state index in [0.29, 0.717) is 23.7 Å². The zero-order valence-corrected chi connectivity index (χ0v) is 23.3. The average Bonchev–Trinajstić information content (AvgIpc) is 2.90. The summed E-state index contributed by atoms with van der Waals surface area (Å²) in [4.78, 5) is 12.1. The largest absolute Gasteiger partial charge is 0.480 e. The lowest BCUT2D eigenvalue weighted by atomic mass is 9.83. The van der Waals surface area contributed by atoms with Gasteiger partial charge in [-0.3, -0.25) is 0 Å². The number of carboxylic acids is 1. The number of hydrogen-bond acceptors (Lipinski definition) is 5. The summed E-state index contributed by atoms with van der Waals surface area (Å²) < 4.78 is 20.0. The molecule has 1 fully saturated rings. The quantitative estimate of drug-likeness (QED) is 0.154. The number of hydrogen-bond donors (Lipinski definition) is 4. The summed E-state index contributed by atoms with van der Waals surface area (Å²) in [6.07, 6.45) is 10.4. The number of nitrogens with one attached hydrogen (secondary N) is 3. The zero-order valence-electron chi connectivity index (χ0n) is 23.3. The number of aliphatic carboxylic acids is 1. The van der Waals surface area contributed by atoms with E-state index >= 15 is 0 Å². The molecule has 208 valence electrons. The number of benzene rings is 2. The lowest BCUT2D eigenvalue weighted by molar-refractivity contribution is -0.140. The van der Waals surface area contributed by atoms with Crippen molar-refractivity contribution in [1.82, 2.24) is 5.32 Å². The lowest BCUT2D eigenvalue weighted by Crippen LogP contribution is -2.42. The van der Waals surface area contributed by atoms with Crippen molar-refractivity contribution in [2.24, 2.45) is 5.92 Å². The number of allylic oxidation sites excluding steroid dienone is 1. The van der Waals surface area contributed by atoms with Crippen molar-refractivity contribution in [3.05, 3.63) is 64.5 Å². The van der Waals surface area contributed by atoms with E-state index in [-0.39, 0.29) is 18.5 Å². The summed E-state index contributed by atoms with van der Waals surface area (Å²) in [5.41, 5.74) is 6.73. The van der Waals surface area contributed by atoms with E-state index in [4.69, 9.17) is 4.74 Å². The minimum atomic E-state index is -0.855. The number of anilines is 2. The van der Waals surface area contributed by atoms with E-state index in [1.165, 1.54) is 41.7 Å². The summed E-state index contributed by atoms with van der Waals surface area (Å²) in [7, 11) is 0. The minimum Gasteiger partial charge on any atom is -0.480 e. The van der Waals surface area contributed by atoms with Crippen molar-refractivity contribution < 1.29 is 19.0 Å².